The number of benzene rings is 2. The van der Waals surface area contributed by atoms with E-state index in [-0.39, 0.29) is 6.61 Å². The number of pyridine rings is 1. The lowest BCUT2D eigenvalue weighted by molar-refractivity contribution is 0.370. The number of halogens is 1. The van der Waals surface area contributed by atoms with Crippen LogP contribution in [0.2, 0.25) is 5.15 Å². The van der Waals surface area contributed by atoms with E-state index in [0.29, 0.717) is 24.3 Å². The number of fused-ring (bicyclic) bond motifs is 1. The molecule has 0 aliphatic carbocycles. The lowest BCUT2D eigenvalue weighted by Gasteiger charge is -2.31. The zero-order valence-corrected chi connectivity index (χ0v) is 18.4. The molecule has 1 aromatic heterocycles. The molecule has 5 heteroatoms. The Balaban J connectivity index is 1.72. The molecule has 0 bridgehead atoms. The summed E-state index contributed by atoms with van der Waals surface area (Å²) in [6.07, 6.45) is 7.06. The number of ether oxygens (including phenoxy) is 1. The standard InChI is InChI=1S/C26H24ClN3O/c1-4-14-31-22-11-12-24-23(15-22)25(20-9-7-19(8-10-20)18(2)3)29-17-30(24)16-21-6-5-13-28-26(21)27/h1,5-13,15,18H,14,16-17H2,2-3H3. The first-order valence-corrected chi connectivity index (χ1v) is 10.6. The maximum atomic E-state index is 6.31. The topological polar surface area (TPSA) is 37.7 Å². The van der Waals surface area contributed by atoms with E-state index in [2.05, 4.69) is 60.0 Å². The van der Waals surface area contributed by atoms with Gasteiger partial charge in [-0.2, -0.15) is 0 Å². The maximum absolute atomic E-state index is 6.31. The lowest BCUT2D eigenvalue weighted by atomic mass is 9.95. The van der Waals surface area contributed by atoms with Crippen LogP contribution < -0.4 is 9.64 Å². The highest BCUT2D eigenvalue weighted by Crippen LogP contribution is 2.33. The summed E-state index contributed by atoms with van der Waals surface area (Å²) in [5.41, 5.74) is 6.38. The highest BCUT2D eigenvalue weighted by atomic mass is 35.5. The molecule has 2 heterocycles. The molecule has 4 rings (SSSR count). The van der Waals surface area contributed by atoms with E-state index in [1.165, 1.54) is 5.56 Å². The van der Waals surface area contributed by atoms with Crippen molar-refractivity contribution < 1.29 is 4.74 Å². The third-order valence-electron chi connectivity index (χ3n) is 5.33. The second kappa shape index (κ2) is 9.24. The van der Waals surface area contributed by atoms with Crippen LogP contribution in [0.1, 0.15) is 42.0 Å². The van der Waals surface area contributed by atoms with E-state index < -0.39 is 0 Å². The number of aliphatic imine (C=N–C) groups is 1. The lowest BCUT2D eigenvalue weighted by Crippen LogP contribution is -2.30. The Kier molecular flexibility index (Phi) is 6.25. The number of terminal acetylenes is 1. The number of hydrogen-bond donors (Lipinski definition) is 0. The summed E-state index contributed by atoms with van der Waals surface area (Å²) in [5, 5.41) is 0.511. The van der Waals surface area contributed by atoms with Crippen molar-refractivity contribution in [2.45, 2.75) is 26.3 Å². The van der Waals surface area contributed by atoms with Gasteiger partial charge < -0.3 is 9.64 Å². The number of rotatable bonds is 6. The predicted molar refractivity (Wildman–Crippen MR) is 127 cm³/mol. The van der Waals surface area contributed by atoms with Crippen LogP contribution >= 0.6 is 11.6 Å². The van der Waals surface area contributed by atoms with Crippen LogP contribution in [0.15, 0.2) is 65.8 Å². The Morgan fingerprint density at radius 1 is 1.16 bits per heavy atom. The molecule has 0 amide bonds. The molecule has 0 unspecified atom stereocenters. The van der Waals surface area contributed by atoms with Gasteiger partial charge in [-0.25, -0.2) is 4.98 Å². The number of aromatic nitrogens is 1. The quantitative estimate of drug-likeness (QED) is 0.373. The van der Waals surface area contributed by atoms with Crippen LogP contribution in [0.5, 0.6) is 5.75 Å². The number of anilines is 1. The van der Waals surface area contributed by atoms with Crippen LogP contribution in [0.4, 0.5) is 5.69 Å². The Hall–Kier alpha value is -3.29. The summed E-state index contributed by atoms with van der Waals surface area (Å²) in [7, 11) is 0. The fourth-order valence-electron chi connectivity index (χ4n) is 3.66. The van der Waals surface area contributed by atoms with Gasteiger partial charge in [-0.15, -0.1) is 6.42 Å². The van der Waals surface area contributed by atoms with Gasteiger partial charge in [0, 0.05) is 35.1 Å². The van der Waals surface area contributed by atoms with Crippen molar-refractivity contribution in [2.24, 2.45) is 4.99 Å². The summed E-state index contributed by atoms with van der Waals surface area (Å²) in [5.74, 6) is 3.73. The van der Waals surface area contributed by atoms with Crippen molar-refractivity contribution in [1.82, 2.24) is 4.98 Å². The molecular weight excluding hydrogens is 406 g/mol. The van der Waals surface area contributed by atoms with Gasteiger partial charge in [0.05, 0.1) is 5.71 Å². The summed E-state index contributed by atoms with van der Waals surface area (Å²) < 4.78 is 5.69. The van der Waals surface area contributed by atoms with Gasteiger partial charge in [-0.3, -0.25) is 4.99 Å². The molecule has 0 saturated heterocycles. The van der Waals surface area contributed by atoms with E-state index in [1.54, 1.807) is 6.20 Å². The Labute approximate surface area is 188 Å². The second-order valence-electron chi connectivity index (χ2n) is 7.75. The van der Waals surface area contributed by atoms with Crippen molar-refractivity contribution in [3.8, 4) is 18.1 Å². The minimum absolute atomic E-state index is 0.226. The third kappa shape index (κ3) is 4.57. The molecule has 0 radical (unpaired) electrons. The van der Waals surface area contributed by atoms with Gasteiger partial charge in [0.2, 0.25) is 0 Å². The molecule has 1 aliphatic rings. The van der Waals surface area contributed by atoms with Crippen LogP contribution in [-0.4, -0.2) is 24.0 Å². The minimum Gasteiger partial charge on any atom is -0.481 e. The van der Waals surface area contributed by atoms with E-state index in [4.69, 9.17) is 27.8 Å². The third-order valence-corrected chi connectivity index (χ3v) is 5.67. The summed E-state index contributed by atoms with van der Waals surface area (Å²) >= 11 is 6.31. The van der Waals surface area contributed by atoms with Crippen LogP contribution in [0.3, 0.4) is 0 Å². The first-order valence-electron chi connectivity index (χ1n) is 10.3. The van der Waals surface area contributed by atoms with Crippen molar-refractivity contribution in [3.63, 3.8) is 0 Å². The van der Waals surface area contributed by atoms with Crippen molar-refractivity contribution in [2.75, 3.05) is 18.2 Å². The Bertz CT molecular complexity index is 1150. The summed E-state index contributed by atoms with van der Waals surface area (Å²) in [6.45, 7) is 5.76. The predicted octanol–water partition coefficient (Wildman–Crippen LogP) is 5.69. The Morgan fingerprint density at radius 2 is 1.97 bits per heavy atom. The molecule has 0 N–H and O–H groups in total. The summed E-state index contributed by atoms with van der Waals surface area (Å²) in [4.78, 5) is 11.3. The molecule has 31 heavy (non-hydrogen) atoms. The molecule has 156 valence electrons. The molecule has 2 aromatic carbocycles. The van der Waals surface area contributed by atoms with E-state index in [0.717, 1.165) is 33.8 Å². The van der Waals surface area contributed by atoms with Crippen molar-refractivity contribution in [1.29, 1.82) is 0 Å². The normalized spacial score (nSPS) is 12.9. The fraction of sp³-hybridized carbons (Fsp3) is 0.231. The monoisotopic (exact) mass is 429 g/mol. The molecule has 0 atom stereocenters. The molecule has 1 aliphatic heterocycles. The van der Waals surface area contributed by atoms with Gasteiger partial charge in [-0.1, -0.05) is 61.7 Å². The number of hydrogen-bond acceptors (Lipinski definition) is 4. The van der Waals surface area contributed by atoms with E-state index in [1.807, 2.05) is 24.3 Å². The van der Waals surface area contributed by atoms with Gasteiger partial charge >= 0.3 is 0 Å². The Morgan fingerprint density at radius 3 is 2.68 bits per heavy atom. The molecule has 0 fully saturated rings. The average Bonchev–Trinajstić information content (AvgIpc) is 2.79. The maximum Gasteiger partial charge on any atom is 0.148 e. The van der Waals surface area contributed by atoms with Gasteiger partial charge in [0.25, 0.3) is 0 Å². The first kappa shape index (κ1) is 21.0. The van der Waals surface area contributed by atoms with Gasteiger partial charge in [-0.05, 0) is 35.7 Å². The van der Waals surface area contributed by atoms with Crippen molar-refractivity contribution >= 4 is 23.0 Å². The van der Waals surface area contributed by atoms with E-state index >= 15 is 0 Å². The SMILES string of the molecule is C#CCOc1ccc2c(c1)C(c1ccc(C(C)C)cc1)=NCN2Cc1cccnc1Cl. The zero-order chi connectivity index (χ0) is 21.8. The van der Waals surface area contributed by atoms with Crippen LogP contribution in [-0.2, 0) is 6.54 Å². The second-order valence-corrected chi connectivity index (χ2v) is 8.11. The van der Waals surface area contributed by atoms with Crippen LogP contribution in [0.25, 0.3) is 0 Å². The van der Waals surface area contributed by atoms with Crippen LogP contribution in [0, 0.1) is 12.3 Å². The highest BCUT2D eigenvalue weighted by molar-refractivity contribution is 6.30. The zero-order valence-electron chi connectivity index (χ0n) is 17.7. The van der Waals surface area contributed by atoms with Gasteiger partial charge in [0.15, 0.2) is 0 Å². The first-order chi connectivity index (χ1) is 15.1. The molecule has 3 aromatic rings. The molecule has 4 nitrogen and oxygen atoms in total. The fourth-order valence-corrected chi connectivity index (χ4v) is 3.84. The minimum atomic E-state index is 0.226. The average molecular weight is 430 g/mol. The van der Waals surface area contributed by atoms with Crippen molar-refractivity contribution in [3.05, 3.63) is 88.2 Å². The largest absolute Gasteiger partial charge is 0.481 e. The number of nitrogens with zero attached hydrogens (tertiary/aromatic N) is 3. The molecule has 0 spiro atoms. The van der Waals surface area contributed by atoms with Gasteiger partial charge in [0.1, 0.15) is 24.2 Å². The van der Waals surface area contributed by atoms with E-state index in [9.17, 15) is 0 Å². The summed E-state index contributed by atoms with van der Waals surface area (Å²) in [6, 6.07) is 18.5. The molecule has 0 saturated carbocycles. The smallest absolute Gasteiger partial charge is 0.148 e. The highest BCUT2D eigenvalue weighted by Gasteiger charge is 2.23. The molecular formula is C26H24ClN3O.